The second-order valence-corrected chi connectivity index (χ2v) is 8.28. The number of carbonyl (C=O) groups is 1. The molecule has 1 aromatic carbocycles. The van der Waals surface area contributed by atoms with Crippen molar-refractivity contribution < 1.29 is 18.0 Å². The smallest absolute Gasteiger partial charge is 0.317 e. The predicted octanol–water partition coefficient (Wildman–Crippen LogP) is 5.48. The van der Waals surface area contributed by atoms with Gasteiger partial charge in [0.05, 0.1) is 23.6 Å². The number of fused-ring (bicyclic) bond motifs is 1. The number of alkyl halides is 3. The van der Waals surface area contributed by atoms with E-state index in [9.17, 15) is 18.0 Å². The number of aromatic nitrogens is 5. The van der Waals surface area contributed by atoms with Crippen LogP contribution in [0, 0.1) is 20.8 Å². The molecule has 0 radical (unpaired) electrons. The summed E-state index contributed by atoms with van der Waals surface area (Å²) >= 11 is 12.1. The first-order chi connectivity index (χ1) is 15.5. The lowest BCUT2D eigenvalue weighted by Crippen LogP contribution is -2.16. The van der Waals surface area contributed by atoms with Gasteiger partial charge >= 0.3 is 6.18 Å². The quantitative estimate of drug-likeness (QED) is 0.405. The summed E-state index contributed by atoms with van der Waals surface area (Å²) in [7, 11) is 0. The summed E-state index contributed by atoms with van der Waals surface area (Å²) in [5.41, 5.74) is 0.952. The van der Waals surface area contributed by atoms with Gasteiger partial charge in [-0.25, -0.2) is 9.50 Å². The lowest BCUT2D eigenvalue weighted by Gasteiger charge is -2.09. The Kier molecular flexibility index (Phi) is 5.83. The third kappa shape index (κ3) is 4.40. The molecule has 4 aromatic rings. The van der Waals surface area contributed by atoms with Gasteiger partial charge in [0, 0.05) is 10.7 Å². The van der Waals surface area contributed by atoms with Crippen LogP contribution in [0.15, 0.2) is 30.3 Å². The van der Waals surface area contributed by atoms with Crippen molar-refractivity contribution in [1.29, 1.82) is 0 Å². The topological polar surface area (TPSA) is 77.1 Å². The molecule has 172 valence electrons. The molecule has 0 unspecified atom stereocenters. The second kappa shape index (κ2) is 8.35. The Morgan fingerprint density at radius 1 is 1.09 bits per heavy atom. The molecule has 7 nitrogen and oxygen atoms in total. The largest absolute Gasteiger partial charge is 0.433 e. The molecule has 0 aliphatic rings. The van der Waals surface area contributed by atoms with E-state index in [1.807, 2.05) is 12.1 Å². The lowest BCUT2D eigenvalue weighted by molar-refractivity contribution is -0.142. The Morgan fingerprint density at radius 3 is 2.39 bits per heavy atom. The fourth-order valence-corrected chi connectivity index (χ4v) is 3.80. The van der Waals surface area contributed by atoms with Crippen molar-refractivity contribution >= 4 is 40.4 Å². The van der Waals surface area contributed by atoms with Crippen molar-refractivity contribution in [2.45, 2.75) is 33.5 Å². The maximum atomic E-state index is 13.4. The summed E-state index contributed by atoms with van der Waals surface area (Å²) in [6, 6.07) is 8.10. The van der Waals surface area contributed by atoms with E-state index in [0.717, 1.165) is 11.6 Å². The van der Waals surface area contributed by atoms with Gasteiger partial charge in [-0.15, -0.1) is 0 Å². The van der Waals surface area contributed by atoms with Gasteiger partial charge < -0.3 is 5.32 Å². The molecule has 3 heterocycles. The number of hydrogen-bond donors (Lipinski definition) is 1. The Morgan fingerprint density at radius 2 is 1.76 bits per heavy atom. The van der Waals surface area contributed by atoms with Crippen LogP contribution in [0.25, 0.3) is 5.65 Å². The summed E-state index contributed by atoms with van der Waals surface area (Å²) in [6.07, 6.45) is -4.70. The molecule has 0 spiro atoms. The first-order valence-electron chi connectivity index (χ1n) is 9.68. The highest BCUT2D eigenvalue weighted by Gasteiger charge is 2.36. The number of hydrogen-bond acceptors (Lipinski definition) is 4. The highest BCUT2D eigenvalue weighted by molar-refractivity contribution is 6.37. The molecule has 1 amide bonds. The van der Waals surface area contributed by atoms with Gasteiger partial charge in [0.25, 0.3) is 5.91 Å². The molecule has 0 aliphatic heterocycles. The first-order valence-corrected chi connectivity index (χ1v) is 10.4. The van der Waals surface area contributed by atoms with Gasteiger partial charge in [-0.2, -0.15) is 23.4 Å². The van der Waals surface area contributed by atoms with Crippen molar-refractivity contribution in [3.8, 4) is 0 Å². The molecule has 3 aromatic heterocycles. The van der Waals surface area contributed by atoms with E-state index < -0.39 is 17.8 Å². The Balaban J connectivity index is 1.67. The van der Waals surface area contributed by atoms with E-state index >= 15 is 0 Å². The zero-order valence-corrected chi connectivity index (χ0v) is 19.1. The maximum Gasteiger partial charge on any atom is 0.433 e. The van der Waals surface area contributed by atoms with Crippen molar-refractivity contribution in [3.63, 3.8) is 0 Å². The van der Waals surface area contributed by atoms with Crippen molar-refractivity contribution in [2.24, 2.45) is 0 Å². The number of benzene rings is 1. The van der Waals surface area contributed by atoms with Crippen LogP contribution in [0.4, 0.5) is 18.9 Å². The van der Waals surface area contributed by atoms with E-state index in [0.29, 0.717) is 33.2 Å². The van der Waals surface area contributed by atoms with Crippen LogP contribution in [0.5, 0.6) is 0 Å². The number of aryl methyl sites for hydroxylation is 2. The van der Waals surface area contributed by atoms with Crippen LogP contribution in [-0.4, -0.2) is 30.3 Å². The molecule has 0 bridgehead atoms. The summed E-state index contributed by atoms with van der Waals surface area (Å²) < 4.78 is 42.6. The third-order valence-electron chi connectivity index (χ3n) is 5.03. The standard InChI is InChI=1S/C21H17Cl2F3N6O/c1-10-8-15(21(24,25)26)32-19(27-10)16(23)18(30-32)20(33)28-17-11(2)29-31(12(17)3)9-13-4-6-14(22)7-5-13/h4-8H,9H2,1-3H3,(H,28,33). The molecule has 33 heavy (non-hydrogen) atoms. The SMILES string of the molecule is Cc1cc(C(F)(F)F)n2nc(C(=O)Nc3c(C)nn(Cc4ccc(Cl)cc4)c3C)c(Cl)c2n1. The zero-order chi connectivity index (χ0) is 24.1. The van der Waals surface area contributed by atoms with Gasteiger partial charge in [0.1, 0.15) is 10.7 Å². The van der Waals surface area contributed by atoms with E-state index in [1.54, 1.807) is 30.7 Å². The van der Waals surface area contributed by atoms with Crippen molar-refractivity contribution in [3.05, 3.63) is 74.4 Å². The molecule has 4 rings (SSSR count). The van der Waals surface area contributed by atoms with Gasteiger partial charge in [-0.3, -0.25) is 9.48 Å². The van der Waals surface area contributed by atoms with E-state index in [1.165, 1.54) is 6.92 Å². The number of carbonyl (C=O) groups excluding carboxylic acids is 1. The number of halogens is 5. The molecule has 0 saturated carbocycles. The third-order valence-corrected chi connectivity index (χ3v) is 5.63. The van der Waals surface area contributed by atoms with Crippen molar-refractivity contribution in [1.82, 2.24) is 24.4 Å². The monoisotopic (exact) mass is 496 g/mol. The minimum Gasteiger partial charge on any atom is -0.317 e. The minimum absolute atomic E-state index is 0.0961. The molecular weight excluding hydrogens is 480 g/mol. The van der Waals surface area contributed by atoms with Crippen LogP contribution in [0.2, 0.25) is 10.0 Å². The van der Waals surface area contributed by atoms with Gasteiger partial charge in [0.2, 0.25) is 0 Å². The summed E-state index contributed by atoms with van der Waals surface area (Å²) in [4.78, 5) is 16.9. The van der Waals surface area contributed by atoms with Gasteiger partial charge in [0.15, 0.2) is 11.3 Å². The number of anilines is 1. The highest BCUT2D eigenvalue weighted by Crippen LogP contribution is 2.32. The normalized spacial score (nSPS) is 11.9. The summed E-state index contributed by atoms with van der Waals surface area (Å²) in [5, 5.41) is 11.3. The lowest BCUT2D eigenvalue weighted by atomic mass is 10.2. The number of amides is 1. The number of nitrogens with zero attached hydrogens (tertiary/aromatic N) is 5. The molecular formula is C21H17Cl2F3N6O. The van der Waals surface area contributed by atoms with Crippen LogP contribution < -0.4 is 5.32 Å². The molecule has 0 fully saturated rings. The van der Waals surface area contributed by atoms with E-state index in [-0.39, 0.29) is 22.1 Å². The second-order valence-electron chi connectivity index (χ2n) is 7.46. The summed E-state index contributed by atoms with van der Waals surface area (Å²) in [6.45, 7) is 5.31. The van der Waals surface area contributed by atoms with Gasteiger partial charge in [-0.05, 0) is 44.5 Å². The molecule has 0 saturated heterocycles. The molecule has 12 heteroatoms. The van der Waals surface area contributed by atoms with Crippen molar-refractivity contribution in [2.75, 3.05) is 5.32 Å². The highest BCUT2D eigenvalue weighted by atomic mass is 35.5. The van der Waals surface area contributed by atoms with E-state index in [4.69, 9.17) is 23.2 Å². The fourth-order valence-electron chi connectivity index (χ4n) is 3.43. The Bertz CT molecular complexity index is 1380. The zero-order valence-electron chi connectivity index (χ0n) is 17.6. The summed E-state index contributed by atoms with van der Waals surface area (Å²) in [5.74, 6) is -0.770. The number of rotatable bonds is 4. The minimum atomic E-state index is -4.70. The van der Waals surface area contributed by atoms with Gasteiger partial charge in [-0.1, -0.05) is 35.3 Å². The average molecular weight is 497 g/mol. The Hall–Kier alpha value is -3.11. The van der Waals surface area contributed by atoms with Crippen LogP contribution in [0.3, 0.4) is 0 Å². The fraction of sp³-hybridized carbons (Fsp3) is 0.238. The van der Waals surface area contributed by atoms with Crippen LogP contribution >= 0.6 is 23.2 Å². The molecule has 1 N–H and O–H groups in total. The number of nitrogens with one attached hydrogen (secondary N) is 1. The van der Waals surface area contributed by atoms with Crippen LogP contribution in [0.1, 0.15) is 38.8 Å². The average Bonchev–Trinajstić information content (AvgIpc) is 3.20. The van der Waals surface area contributed by atoms with Crippen LogP contribution in [-0.2, 0) is 12.7 Å². The predicted molar refractivity (Wildman–Crippen MR) is 118 cm³/mol. The Labute approximate surface area is 196 Å². The molecule has 0 aliphatic carbocycles. The first kappa shape index (κ1) is 23.1. The van der Waals surface area contributed by atoms with E-state index in [2.05, 4.69) is 20.5 Å². The maximum absolute atomic E-state index is 13.4. The molecule has 0 atom stereocenters.